The predicted octanol–water partition coefficient (Wildman–Crippen LogP) is 1.91. The van der Waals surface area contributed by atoms with Crippen molar-refractivity contribution in [3.05, 3.63) is 24.2 Å². The Morgan fingerprint density at radius 1 is 1.27 bits per heavy atom. The molecule has 142 valence electrons. The van der Waals surface area contributed by atoms with Crippen molar-refractivity contribution in [2.75, 3.05) is 19.6 Å². The number of hydroxylamine groups is 2. The maximum Gasteiger partial charge on any atom is 0.308 e. The monoisotopic (exact) mass is 363 g/mol. The third-order valence-electron chi connectivity index (χ3n) is 5.22. The molecule has 1 saturated carbocycles. The third-order valence-corrected chi connectivity index (χ3v) is 5.22. The number of furan rings is 1. The molecule has 1 aliphatic carbocycles. The number of nitrogens with zero attached hydrogens (tertiary/aromatic N) is 3. The van der Waals surface area contributed by atoms with Crippen molar-refractivity contribution in [1.29, 1.82) is 0 Å². The molecule has 8 heteroatoms. The van der Waals surface area contributed by atoms with E-state index in [2.05, 4.69) is 0 Å². The Kier molecular flexibility index (Phi) is 5.92. The number of carbonyl (C=O) groups excluding carboxylic acids is 3. The predicted molar refractivity (Wildman–Crippen MR) is 90.7 cm³/mol. The molecule has 1 aromatic heterocycles. The minimum atomic E-state index is -0.529. The molecule has 1 N–H and O–H groups in total. The molecule has 1 aliphatic heterocycles. The van der Waals surface area contributed by atoms with E-state index in [0.29, 0.717) is 43.3 Å². The quantitative estimate of drug-likeness (QED) is 0.454. The number of carbonyl (C=O) groups is 3. The SMILES string of the molecule is O=CN(O)C[C@@H](CC1CCCC1)C(=O)N1CCCN1C(=O)c1ccco1. The fraction of sp³-hybridized carbons (Fsp3) is 0.611. The molecule has 0 spiro atoms. The second-order valence-electron chi connectivity index (χ2n) is 7.03. The van der Waals surface area contributed by atoms with E-state index >= 15 is 0 Å². The van der Waals surface area contributed by atoms with Gasteiger partial charge in [0.2, 0.25) is 12.3 Å². The van der Waals surface area contributed by atoms with E-state index < -0.39 is 5.92 Å². The van der Waals surface area contributed by atoms with Crippen LogP contribution in [-0.4, -0.2) is 58.1 Å². The molecule has 8 nitrogen and oxygen atoms in total. The lowest BCUT2D eigenvalue weighted by atomic mass is 9.92. The average molecular weight is 363 g/mol. The third kappa shape index (κ3) is 4.07. The first kappa shape index (κ1) is 18.4. The smallest absolute Gasteiger partial charge is 0.308 e. The maximum absolute atomic E-state index is 13.1. The number of hydrazine groups is 1. The molecule has 0 radical (unpaired) electrons. The first-order valence-corrected chi connectivity index (χ1v) is 9.17. The average Bonchev–Trinajstić information content (AvgIpc) is 3.41. The van der Waals surface area contributed by atoms with E-state index in [0.717, 1.165) is 25.7 Å². The molecule has 1 aromatic rings. The van der Waals surface area contributed by atoms with Gasteiger partial charge in [-0.15, -0.1) is 0 Å². The summed E-state index contributed by atoms with van der Waals surface area (Å²) in [6.07, 6.45) is 7.45. The number of amides is 3. The Bertz CT molecular complexity index is 627. The Morgan fingerprint density at radius 2 is 2.00 bits per heavy atom. The minimum absolute atomic E-state index is 0.0574. The largest absolute Gasteiger partial charge is 0.459 e. The summed E-state index contributed by atoms with van der Waals surface area (Å²) in [5.41, 5.74) is 0. The van der Waals surface area contributed by atoms with Crippen LogP contribution in [0.5, 0.6) is 0 Å². The van der Waals surface area contributed by atoms with Crippen LogP contribution >= 0.6 is 0 Å². The molecule has 1 saturated heterocycles. The van der Waals surface area contributed by atoms with Gasteiger partial charge >= 0.3 is 5.91 Å². The molecule has 2 heterocycles. The van der Waals surface area contributed by atoms with Gasteiger partial charge in [-0.25, -0.2) is 10.1 Å². The fourth-order valence-corrected chi connectivity index (χ4v) is 3.96. The van der Waals surface area contributed by atoms with Crippen LogP contribution in [0, 0.1) is 11.8 Å². The first-order chi connectivity index (χ1) is 12.6. The van der Waals surface area contributed by atoms with E-state index in [1.54, 1.807) is 12.1 Å². The molecule has 1 atom stereocenters. The molecule has 26 heavy (non-hydrogen) atoms. The van der Waals surface area contributed by atoms with Gasteiger partial charge in [-0.1, -0.05) is 25.7 Å². The Hall–Kier alpha value is -2.35. The van der Waals surface area contributed by atoms with Crippen molar-refractivity contribution < 1.29 is 24.0 Å². The highest BCUT2D eigenvalue weighted by Crippen LogP contribution is 2.32. The van der Waals surface area contributed by atoms with Crippen molar-refractivity contribution in [2.45, 2.75) is 38.5 Å². The van der Waals surface area contributed by atoms with E-state index in [4.69, 9.17) is 4.42 Å². The van der Waals surface area contributed by atoms with E-state index in [1.165, 1.54) is 16.3 Å². The molecule has 0 aromatic carbocycles. The summed E-state index contributed by atoms with van der Waals surface area (Å²) in [5.74, 6) is -0.500. The maximum atomic E-state index is 13.1. The zero-order valence-electron chi connectivity index (χ0n) is 14.7. The second kappa shape index (κ2) is 8.35. The molecule has 0 bridgehead atoms. The summed E-state index contributed by atoms with van der Waals surface area (Å²) >= 11 is 0. The van der Waals surface area contributed by atoms with E-state index in [9.17, 15) is 19.6 Å². The summed E-state index contributed by atoms with van der Waals surface area (Å²) in [6, 6.07) is 3.20. The second-order valence-corrected chi connectivity index (χ2v) is 7.03. The van der Waals surface area contributed by atoms with Crippen LogP contribution < -0.4 is 0 Å². The molecule has 3 amide bonds. The van der Waals surface area contributed by atoms with Crippen LogP contribution in [0.15, 0.2) is 22.8 Å². The molecular weight excluding hydrogens is 338 g/mol. The molecule has 2 fully saturated rings. The van der Waals surface area contributed by atoms with Crippen molar-refractivity contribution in [3.63, 3.8) is 0 Å². The summed E-state index contributed by atoms with van der Waals surface area (Å²) in [6.45, 7) is 0.828. The van der Waals surface area contributed by atoms with Gasteiger partial charge in [0.15, 0.2) is 5.76 Å². The summed E-state index contributed by atoms with van der Waals surface area (Å²) in [5, 5.41) is 13.0. The highest BCUT2D eigenvalue weighted by atomic mass is 16.5. The van der Waals surface area contributed by atoms with Crippen LogP contribution in [0.25, 0.3) is 0 Å². The molecular formula is C18H25N3O5. The number of hydrogen-bond donors (Lipinski definition) is 1. The Morgan fingerprint density at radius 3 is 2.65 bits per heavy atom. The van der Waals surface area contributed by atoms with Gasteiger partial charge in [0.25, 0.3) is 0 Å². The van der Waals surface area contributed by atoms with Crippen LogP contribution in [0.3, 0.4) is 0 Å². The minimum Gasteiger partial charge on any atom is -0.459 e. The Balaban J connectivity index is 1.73. The van der Waals surface area contributed by atoms with Gasteiger partial charge < -0.3 is 4.42 Å². The molecule has 0 unspecified atom stereocenters. The standard InChI is InChI=1S/C18H25N3O5/c22-13-19(25)12-15(11-14-5-1-2-6-14)17(23)20-8-4-9-21(20)18(24)16-7-3-10-26-16/h3,7,10,13-15,25H,1-2,4-6,8-9,11-12H2/t15-/m1/s1. The van der Waals surface area contributed by atoms with Gasteiger partial charge in [0.1, 0.15) is 0 Å². The number of hydrogen-bond acceptors (Lipinski definition) is 5. The van der Waals surface area contributed by atoms with E-state index in [-0.39, 0.29) is 24.1 Å². The Labute approximate surface area is 152 Å². The van der Waals surface area contributed by atoms with Crippen molar-refractivity contribution >= 4 is 18.2 Å². The van der Waals surface area contributed by atoms with Gasteiger partial charge in [-0.05, 0) is 30.9 Å². The van der Waals surface area contributed by atoms with Gasteiger partial charge in [0, 0.05) is 13.1 Å². The lowest BCUT2D eigenvalue weighted by Crippen LogP contribution is -2.49. The van der Waals surface area contributed by atoms with Gasteiger partial charge in [-0.2, -0.15) is 0 Å². The van der Waals surface area contributed by atoms with Crippen LogP contribution in [0.2, 0.25) is 0 Å². The van der Waals surface area contributed by atoms with Crippen LogP contribution in [0.4, 0.5) is 0 Å². The molecule has 2 aliphatic rings. The first-order valence-electron chi connectivity index (χ1n) is 9.17. The molecule has 3 rings (SSSR count). The summed E-state index contributed by atoms with van der Waals surface area (Å²) in [7, 11) is 0. The van der Waals surface area contributed by atoms with Gasteiger partial charge in [0.05, 0.1) is 18.7 Å². The summed E-state index contributed by atoms with van der Waals surface area (Å²) < 4.78 is 5.16. The van der Waals surface area contributed by atoms with E-state index in [1.807, 2.05) is 0 Å². The zero-order valence-corrected chi connectivity index (χ0v) is 14.7. The number of rotatable bonds is 7. The van der Waals surface area contributed by atoms with Crippen LogP contribution in [-0.2, 0) is 9.59 Å². The summed E-state index contributed by atoms with van der Waals surface area (Å²) in [4.78, 5) is 36.5. The highest BCUT2D eigenvalue weighted by molar-refractivity contribution is 5.93. The van der Waals surface area contributed by atoms with Crippen LogP contribution in [0.1, 0.15) is 49.1 Å². The lowest BCUT2D eigenvalue weighted by Gasteiger charge is -2.32. The van der Waals surface area contributed by atoms with Crippen molar-refractivity contribution in [2.24, 2.45) is 11.8 Å². The highest BCUT2D eigenvalue weighted by Gasteiger charge is 2.37. The zero-order chi connectivity index (χ0) is 18.5. The van der Waals surface area contributed by atoms with Gasteiger partial charge in [-0.3, -0.25) is 24.6 Å². The fourth-order valence-electron chi connectivity index (χ4n) is 3.96. The normalized spacial score (nSPS) is 19.0. The topological polar surface area (TPSA) is 94.3 Å². The lowest BCUT2D eigenvalue weighted by molar-refractivity contribution is -0.160. The van der Waals surface area contributed by atoms with Crippen molar-refractivity contribution in [1.82, 2.24) is 15.1 Å². The van der Waals surface area contributed by atoms with Crippen molar-refractivity contribution in [3.8, 4) is 0 Å².